The number of thioether (sulfide) groups is 1. The van der Waals surface area contributed by atoms with Crippen LogP contribution in [0.2, 0.25) is 0 Å². The highest BCUT2D eigenvalue weighted by molar-refractivity contribution is 7.98. The lowest BCUT2D eigenvalue weighted by atomic mass is 10.0. The first-order chi connectivity index (χ1) is 16.5. The number of aromatic nitrogens is 2. The molecule has 0 atom stereocenters. The van der Waals surface area contributed by atoms with Crippen LogP contribution in [0, 0.1) is 11.6 Å². The largest absolute Gasteiger partial charge is 0.493 e. The Balaban J connectivity index is 1.61. The van der Waals surface area contributed by atoms with Crippen LogP contribution in [-0.4, -0.2) is 46.7 Å². The molecule has 1 amide bonds. The number of fused-ring (bicyclic) bond motifs is 6. The Morgan fingerprint density at radius 2 is 1.97 bits per heavy atom. The maximum Gasteiger partial charge on any atom is 0.404 e. The molecular weight excluding hydrogens is 466 g/mol. The minimum atomic E-state index is -1.05. The van der Waals surface area contributed by atoms with Gasteiger partial charge in [0.1, 0.15) is 29.0 Å². The van der Waals surface area contributed by atoms with Gasteiger partial charge in [-0.25, -0.2) is 18.6 Å². The van der Waals surface area contributed by atoms with E-state index in [1.54, 1.807) is 11.8 Å². The van der Waals surface area contributed by atoms with Gasteiger partial charge in [-0.2, -0.15) is 16.7 Å². The van der Waals surface area contributed by atoms with Crippen molar-refractivity contribution in [1.82, 2.24) is 15.3 Å². The molecule has 3 N–H and O–H groups in total. The van der Waals surface area contributed by atoms with Crippen LogP contribution in [0.15, 0.2) is 42.6 Å². The molecule has 8 nitrogen and oxygen atoms in total. The van der Waals surface area contributed by atoms with E-state index in [0.717, 1.165) is 11.8 Å². The van der Waals surface area contributed by atoms with E-state index >= 15 is 0 Å². The van der Waals surface area contributed by atoms with E-state index in [2.05, 4.69) is 20.6 Å². The van der Waals surface area contributed by atoms with Gasteiger partial charge in [0, 0.05) is 47.7 Å². The number of nitrogens with one attached hydrogen (secondary N) is 2. The Hall–Kier alpha value is -3.60. The standard InChI is InChI=1S/C23H22F2N4O4S/c24-15-2-3-16-17-11-20(27-12-18(17)25)28-21-8-14(13-34-7-4-26-23(30)31)9-22(29-21)33-6-1-5-32-19(16)10-15/h2-3,8-12,26H,1,4-7,13H2,(H,30,31)(H,27,28,29). The van der Waals surface area contributed by atoms with Crippen LogP contribution in [0.4, 0.5) is 25.2 Å². The molecule has 1 aliphatic heterocycles. The topological polar surface area (TPSA) is 106 Å². The number of nitrogens with zero attached hydrogens (tertiary/aromatic N) is 2. The van der Waals surface area contributed by atoms with E-state index in [1.807, 2.05) is 12.1 Å². The minimum Gasteiger partial charge on any atom is -0.493 e. The molecule has 0 unspecified atom stereocenters. The second-order valence-corrected chi connectivity index (χ2v) is 8.45. The molecule has 2 aromatic heterocycles. The number of hydrogen-bond acceptors (Lipinski definition) is 7. The van der Waals surface area contributed by atoms with Gasteiger partial charge in [0.05, 0.1) is 19.4 Å². The van der Waals surface area contributed by atoms with E-state index < -0.39 is 17.7 Å². The van der Waals surface area contributed by atoms with Crippen LogP contribution < -0.4 is 20.1 Å². The normalized spacial score (nSPS) is 12.9. The van der Waals surface area contributed by atoms with Crippen LogP contribution in [0.1, 0.15) is 12.0 Å². The molecule has 0 radical (unpaired) electrons. The van der Waals surface area contributed by atoms with Gasteiger partial charge in [-0.05, 0) is 29.8 Å². The number of ether oxygens (including phenoxy) is 2. The van der Waals surface area contributed by atoms with Crippen molar-refractivity contribution < 1.29 is 28.2 Å². The van der Waals surface area contributed by atoms with Crippen molar-refractivity contribution in [3.05, 3.63) is 59.8 Å². The number of hydrogen-bond donors (Lipinski definition) is 3. The first-order valence-electron chi connectivity index (χ1n) is 10.5. The lowest BCUT2D eigenvalue weighted by Crippen LogP contribution is -2.23. The van der Waals surface area contributed by atoms with Crippen molar-refractivity contribution >= 4 is 29.5 Å². The highest BCUT2D eigenvalue weighted by Gasteiger charge is 2.15. The summed E-state index contributed by atoms with van der Waals surface area (Å²) in [7, 11) is 0. The number of halogens is 2. The smallest absolute Gasteiger partial charge is 0.404 e. The predicted octanol–water partition coefficient (Wildman–Crippen LogP) is 4.83. The van der Waals surface area contributed by atoms with Crippen LogP contribution in [-0.2, 0) is 5.75 Å². The molecule has 4 rings (SSSR count). The van der Waals surface area contributed by atoms with Crippen LogP contribution >= 0.6 is 11.8 Å². The lowest BCUT2D eigenvalue weighted by molar-refractivity contribution is 0.195. The second kappa shape index (κ2) is 11.0. The summed E-state index contributed by atoms with van der Waals surface area (Å²) in [6.07, 6.45) is 0.538. The van der Waals surface area contributed by atoms with E-state index in [-0.39, 0.29) is 17.9 Å². The third kappa shape index (κ3) is 6.25. The van der Waals surface area contributed by atoms with Crippen molar-refractivity contribution in [1.29, 1.82) is 0 Å². The fourth-order valence-corrected chi connectivity index (χ4v) is 4.09. The molecule has 3 heterocycles. The third-order valence-electron chi connectivity index (χ3n) is 4.79. The molecule has 0 spiro atoms. The zero-order valence-electron chi connectivity index (χ0n) is 18.0. The monoisotopic (exact) mass is 488 g/mol. The second-order valence-electron chi connectivity index (χ2n) is 7.35. The molecule has 0 saturated carbocycles. The summed E-state index contributed by atoms with van der Waals surface area (Å²) in [5, 5.41) is 14.1. The van der Waals surface area contributed by atoms with Gasteiger partial charge in [0.25, 0.3) is 0 Å². The van der Waals surface area contributed by atoms with Gasteiger partial charge in [0.15, 0.2) is 0 Å². The molecule has 1 aromatic carbocycles. The Bertz CT molecular complexity index is 1180. The minimum absolute atomic E-state index is 0.221. The molecule has 1 aliphatic rings. The van der Waals surface area contributed by atoms with Crippen molar-refractivity contribution in [2.24, 2.45) is 0 Å². The quantitative estimate of drug-likeness (QED) is 0.439. The number of rotatable bonds is 5. The third-order valence-corrected chi connectivity index (χ3v) is 5.82. The lowest BCUT2D eigenvalue weighted by Gasteiger charge is -2.16. The Labute approximate surface area is 198 Å². The van der Waals surface area contributed by atoms with Crippen LogP contribution in [0.25, 0.3) is 11.1 Å². The zero-order chi connectivity index (χ0) is 23.9. The van der Waals surface area contributed by atoms with Gasteiger partial charge in [0.2, 0.25) is 5.88 Å². The van der Waals surface area contributed by atoms with Crippen molar-refractivity contribution in [2.45, 2.75) is 12.2 Å². The molecule has 4 bridgehead atoms. The maximum absolute atomic E-state index is 14.7. The summed E-state index contributed by atoms with van der Waals surface area (Å²) in [6.45, 7) is 0.897. The van der Waals surface area contributed by atoms with Gasteiger partial charge in [-0.1, -0.05) is 0 Å². The Morgan fingerprint density at radius 3 is 2.82 bits per heavy atom. The predicted molar refractivity (Wildman–Crippen MR) is 125 cm³/mol. The summed E-state index contributed by atoms with van der Waals surface area (Å²) >= 11 is 1.56. The van der Waals surface area contributed by atoms with Gasteiger partial charge in [-0.3, -0.25) is 0 Å². The van der Waals surface area contributed by atoms with E-state index in [0.29, 0.717) is 54.2 Å². The van der Waals surface area contributed by atoms with E-state index in [9.17, 15) is 13.6 Å². The molecule has 34 heavy (non-hydrogen) atoms. The van der Waals surface area contributed by atoms with Crippen LogP contribution in [0.5, 0.6) is 11.6 Å². The summed E-state index contributed by atoms with van der Waals surface area (Å²) in [5.74, 6) is 1.62. The zero-order valence-corrected chi connectivity index (χ0v) is 18.8. The number of anilines is 2. The molecule has 0 fully saturated rings. The molecule has 0 aliphatic carbocycles. The van der Waals surface area contributed by atoms with Gasteiger partial charge < -0.3 is 25.2 Å². The number of carboxylic acid groups (broad SMARTS) is 1. The summed E-state index contributed by atoms with van der Waals surface area (Å²) in [6, 6.07) is 9.11. The van der Waals surface area contributed by atoms with Crippen LogP contribution in [0.3, 0.4) is 0 Å². The Kier molecular flexibility index (Phi) is 7.63. The maximum atomic E-state index is 14.7. The highest BCUT2D eigenvalue weighted by atomic mass is 32.2. The average Bonchev–Trinajstić information content (AvgIpc) is 2.79. The summed E-state index contributed by atoms with van der Waals surface area (Å²) in [4.78, 5) is 19.1. The first kappa shape index (κ1) is 23.6. The fraction of sp³-hybridized carbons (Fsp3) is 0.261. The molecule has 3 aromatic rings. The van der Waals surface area contributed by atoms with Gasteiger partial charge >= 0.3 is 6.09 Å². The number of pyridine rings is 2. The van der Waals surface area contributed by atoms with Gasteiger partial charge in [-0.15, -0.1) is 0 Å². The average molecular weight is 489 g/mol. The Morgan fingerprint density at radius 1 is 1.12 bits per heavy atom. The highest BCUT2D eigenvalue weighted by Crippen LogP contribution is 2.34. The number of carbonyl (C=O) groups is 1. The fourth-order valence-electron chi connectivity index (χ4n) is 3.30. The van der Waals surface area contributed by atoms with Crippen molar-refractivity contribution in [2.75, 3.05) is 30.8 Å². The summed E-state index contributed by atoms with van der Waals surface area (Å²) in [5.41, 5.74) is 1.55. The number of benzene rings is 1. The molecule has 178 valence electrons. The van der Waals surface area contributed by atoms with Crippen molar-refractivity contribution in [3.8, 4) is 22.8 Å². The molecular formula is C23H22F2N4O4S. The SMILES string of the molecule is O=C(O)NCCSCc1cc2nc(c1)OCCCOc1cc(F)ccc1-c1cc(ncc1F)N2. The number of amides is 1. The molecule has 11 heteroatoms. The first-order valence-corrected chi connectivity index (χ1v) is 11.7. The van der Waals surface area contributed by atoms with E-state index in [1.165, 1.54) is 24.3 Å². The summed E-state index contributed by atoms with van der Waals surface area (Å²) < 4.78 is 40.0. The van der Waals surface area contributed by atoms with E-state index in [4.69, 9.17) is 14.6 Å². The van der Waals surface area contributed by atoms with Crippen molar-refractivity contribution in [3.63, 3.8) is 0 Å². The molecule has 0 saturated heterocycles.